The maximum Gasteiger partial charge on any atom is 0.157 e. The molecule has 116 valence electrons. The van der Waals surface area contributed by atoms with Gasteiger partial charge < -0.3 is 15.3 Å². The number of benzene rings is 3. The molecular formula is C20H18O3. The van der Waals surface area contributed by atoms with Gasteiger partial charge in [0, 0.05) is 5.92 Å². The molecule has 1 atom stereocenters. The summed E-state index contributed by atoms with van der Waals surface area (Å²) in [5.41, 5.74) is 3.13. The van der Waals surface area contributed by atoms with Crippen LogP contribution in [0.25, 0.3) is 0 Å². The van der Waals surface area contributed by atoms with Crippen molar-refractivity contribution in [1.82, 2.24) is 0 Å². The second-order valence-electron chi connectivity index (χ2n) is 5.58. The highest BCUT2D eigenvalue weighted by Crippen LogP contribution is 2.34. The Morgan fingerprint density at radius 3 is 1.96 bits per heavy atom. The van der Waals surface area contributed by atoms with Crippen LogP contribution >= 0.6 is 0 Å². The van der Waals surface area contributed by atoms with E-state index in [9.17, 15) is 15.3 Å². The minimum atomic E-state index is -0.127. The van der Waals surface area contributed by atoms with Crippen molar-refractivity contribution in [3.8, 4) is 17.2 Å². The summed E-state index contributed by atoms with van der Waals surface area (Å²) >= 11 is 0. The van der Waals surface area contributed by atoms with E-state index in [1.807, 2.05) is 36.4 Å². The fourth-order valence-electron chi connectivity index (χ4n) is 2.74. The standard InChI is InChI=1S/C20H18O3/c21-17-9-6-15(7-10-17)18(12-14-4-2-1-3-5-14)16-8-11-19(22)20(23)13-16/h1-11,13,18,21-23H,12H2. The van der Waals surface area contributed by atoms with Crippen molar-refractivity contribution < 1.29 is 15.3 Å². The van der Waals surface area contributed by atoms with E-state index >= 15 is 0 Å². The zero-order valence-corrected chi connectivity index (χ0v) is 12.6. The van der Waals surface area contributed by atoms with Crippen molar-refractivity contribution in [2.75, 3.05) is 0 Å². The normalized spacial score (nSPS) is 12.0. The molecule has 3 aromatic rings. The highest BCUT2D eigenvalue weighted by atomic mass is 16.3. The van der Waals surface area contributed by atoms with Gasteiger partial charge >= 0.3 is 0 Å². The second kappa shape index (κ2) is 6.44. The first-order valence-corrected chi connectivity index (χ1v) is 7.48. The molecule has 0 saturated carbocycles. The van der Waals surface area contributed by atoms with Crippen LogP contribution in [0, 0.1) is 0 Å². The Labute approximate surface area is 135 Å². The van der Waals surface area contributed by atoms with Gasteiger partial charge in [-0.25, -0.2) is 0 Å². The summed E-state index contributed by atoms with van der Waals surface area (Å²) in [6, 6.07) is 22.1. The van der Waals surface area contributed by atoms with Crippen LogP contribution in [0.2, 0.25) is 0 Å². The predicted molar refractivity (Wildman–Crippen MR) is 89.9 cm³/mol. The van der Waals surface area contributed by atoms with E-state index in [1.54, 1.807) is 18.2 Å². The number of hydrogen-bond donors (Lipinski definition) is 3. The van der Waals surface area contributed by atoms with Crippen LogP contribution in [0.4, 0.5) is 0 Å². The summed E-state index contributed by atoms with van der Waals surface area (Å²) in [7, 11) is 0. The first kappa shape index (κ1) is 15.0. The molecule has 0 fully saturated rings. The number of phenolic OH excluding ortho intramolecular Hbond substituents is 3. The van der Waals surface area contributed by atoms with Crippen LogP contribution in [0.15, 0.2) is 72.8 Å². The lowest BCUT2D eigenvalue weighted by atomic mass is 9.86. The largest absolute Gasteiger partial charge is 0.508 e. The van der Waals surface area contributed by atoms with Crippen molar-refractivity contribution >= 4 is 0 Å². The van der Waals surface area contributed by atoms with Crippen LogP contribution in [0.3, 0.4) is 0 Å². The fraction of sp³-hybridized carbons (Fsp3) is 0.100. The van der Waals surface area contributed by atoms with Crippen molar-refractivity contribution in [3.63, 3.8) is 0 Å². The van der Waals surface area contributed by atoms with Gasteiger partial charge in [-0.2, -0.15) is 0 Å². The summed E-state index contributed by atoms with van der Waals surface area (Å²) in [5.74, 6) is -0.0116. The first-order chi connectivity index (χ1) is 11.1. The number of hydrogen-bond acceptors (Lipinski definition) is 3. The smallest absolute Gasteiger partial charge is 0.157 e. The molecule has 3 N–H and O–H groups in total. The van der Waals surface area contributed by atoms with E-state index in [1.165, 1.54) is 11.6 Å². The Morgan fingerprint density at radius 1 is 0.652 bits per heavy atom. The topological polar surface area (TPSA) is 60.7 Å². The third-order valence-corrected chi connectivity index (χ3v) is 3.98. The van der Waals surface area contributed by atoms with Gasteiger partial charge in [-0.15, -0.1) is 0 Å². The van der Waals surface area contributed by atoms with Gasteiger partial charge in [-0.05, 0) is 47.4 Å². The Hall–Kier alpha value is -2.94. The van der Waals surface area contributed by atoms with E-state index in [0.29, 0.717) is 0 Å². The SMILES string of the molecule is Oc1ccc(C(Cc2ccccc2)c2ccc(O)c(O)c2)cc1. The number of aromatic hydroxyl groups is 3. The first-order valence-electron chi connectivity index (χ1n) is 7.48. The van der Waals surface area contributed by atoms with Gasteiger partial charge in [0.1, 0.15) is 5.75 Å². The summed E-state index contributed by atoms with van der Waals surface area (Å²) in [6.07, 6.45) is 0.760. The van der Waals surface area contributed by atoms with Crippen LogP contribution in [0.1, 0.15) is 22.6 Å². The third-order valence-electron chi connectivity index (χ3n) is 3.98. The average Bonchev–Trinajstić information content (AvgIpc) is 2.57. The minimum Gasteiger partial charge on any atom is -0.508 e. The highest BCUT2D eigenvalue weighted by molar-refractivity contribution is 5.45. The molecule has 3 heteroatoms. The minimum absolute atomic E-state index is 0.0181. The predicted octanol–water partition coefficient (Wildman–Crippen LogP) is 4.18. The molecular weight excluding hydrogens is 288 g/mol. The van der Waals surface area contributed by atoms with Crippen LogP contribution in [-0.2, 0) is 6.42 Å². The Balaban J connectivity index is 2.01. The molecule has 3 rings (SSSR count). The molecule has 23 heavy (non-hydrogen) atoms. The van der Waals surface area contributed by atoms with E-state index < -0.39 is 0 Å². The van der Waals surface area contributed by atoms with E-state index in [4.69, 9.17) is 0 Å². The quantitative estimate of drug-likeness (QED) is 0.634. The molecule has 0 bridgehead atoms. The van der Waals surface area contributed by atoms with Crippen LogP contribution in [-0.4, -0.2) is 15.3 Å². The molecule has 0 amide bonds. The molecule has 0 radical (unpaired) electrons. The van der Waals surface area contributed by atoms with Gasteiger partial charge in [0.05, 0.1) is 0 Å². The molecule has 0 spiro atoms. The zero-order chi connectivity index (χ0) is 16.2. The van der Waals surface area contributed by atoms with Gasteiger partial charge in [0.2, 0.25) is 0 Å². The zero-order valence-electron chi connectivity index (χ0n) is 12.6. The lowest BCUT2D eigenvalue weighted by Crippen LogP contribution is -2.05. The van der Waals surface area contributed by atoms with Crippen molar-refractivity contribution in [1.29, 1.82) is 0 Å². The Kier molecular flexibility index (Phi) is 4.20. The lowest BCUT2D eigenvalue weighted by Gasteiger charge is -2.19. The summed E-state index contributed by atoms with van der Waals surface area (Å²) in [4.78, 5) is 0. The van der Waals surface area contributed by atoms with Crippen LogP contribution in [0.5, 0.6) is 17.2 Å². The molecule has 0 aliphatic rings. The Bertz CT molecular complexity index is 780. The summed E-state index contributed by atoms with van der Waals surface area (Å²) < 4.78 is 0. The van der Waals surface area contributed by atoms with E-state index in [-0.39, 0.29) is 23.2 Å². The maximum atomic E-state index is 9.82. The molecule has 3 aromatic carbocycles. The molecule has 3 nitrogen and oxygen atoms in total. The fourth-order valence-corrected chi connectivity index (χ4v) is 2.74. The number of rotatable bonds is 4. The molecule has 0 saturated heterocycles. The molecule has 0 aliphatic carbocycles. The number of phenols is 3. The molecule has 0 aromatic heterocycles. The van der Waals surface area contributed by atoms with Gasteiger partial charge in [-0.1, -0.05) is 48.5 Å². The summed E-state index contributed by atoms with van der Waals surface area (Å²) in [5, 5.41) is 28.9. The van der Waals surface area contributed by atoms with Gasteiger partial charge in [0.15, 0.2) is 11.5 Å². The van der Waals surface area contributed by atoms with Gasteiger partial charge in [0.25, 0.3) is 0 Å². The molecule has 0 aliphatic heterocycles. The monoisotopic (exact) mass is 306 g/mol. The average molecular weight is 306 g/mol. The van der Waals surface area contributed by atoms with E-state index in [0.717, 1.165) is 17.5 Å². The van der Waals surface area contributed by atoms with E-state index in [2.05, 4.69) is 12.1 Å². The maximum absolute atomic E-state index is 9.82. The second-order valence-corrected chi connectivity index (χ2v) is 5.58. The van der Waals surface area contributed by atoms with Crippen molar-refractivity contribution in [3.05, 3.63) is 89.5 Å². The summed E-state index contributed by atoms with van der Waals surface area (Å²) in [6.45, 7) is 0. The van der Waals surface area contributed by atoms with Crippen molar-refractivity contribution in [2.45, 2.75) is 12.3 Å². The molecule has 0 heterocycles. The highest BCUT2D eigenvalue weighted by Gasteiger charge is 2.16. The Morgan fingerprint density at radius 2 is 1.30 bits per heavy atom. The van der Waals surface area contributed by atoms with Crippen molar-refractivity contribution in [2.24, 2.45) is 0 Å². The van der Waals surface area contributed by atoms with Crippen LogP contribution < -0.4 is 0 Å². The molecule has 1 unspecified atom stereocenters. The lowest BCUT2D eigenvalue weighted by molar-refractivity contribution is 0.403. The third kappa shape index (κ3) is 3.46. The van der Waals surface area contributed by atoms with Gasteiger partial charge in [-0.3, -0.25) is 0 Å².